The van der Waals surface area contributed by atoms with Gasteiger partial charge in [-0.25, -0.2) is 4.79 Å². The molecule has 0 aliphatic heterocycles. The molecular formula is C8H4F3NO3. The van der Waals surface area contributed by atoms with Crippen LogP contribution in [-0.2, 0) is 0 Å². The zero-order valence-corrected chi connectivity index (χ0v) is 7.12. The molecule has 1 aromatic carbocycles. The molecule has 0 atom stereocenters. The maximum absolute atomic E-state index is 11.9. The van der Waals surface area contributed by atoms with Gasteiger partial charge in [0.2, 0.25) is 0 Å². The molecule has 0 bridgehead atoms. The average Bonchev–Trinajstić information content (AvgIpc) is 2.41. The van der Waals surface area contributed by atoms with Crippen molar-refractivity contribution in [2.45, 2.75) is 6.36 Å². The number of aromatic nitrogens is 1. The summed E-state index contributed by atoms with van der Waals surface area (Å²) in [5.41, 5.74) is -0.0356. The maximum atomic E-state index is 11.9. The predicted octanol–water partition coefficient (Wildman–Crippen LogP) is 1.54. The fourth-order valence-corrected chi connectivity index (χ4v) is 1.14. The first kappa shape index (κ1) is 9.63. The zero-order valence-electron chi connectivity index (χ0n) is 7.12. The lowest BCUT2D eigenvalue weighted by Gasteiger charge is -2.06. The number of halogens is 3. The van der Waals surface area contributed by atoms with Gasteiger partial charge in [0.15, 0.2) is 5.58 Å². The van der Waals surface area contributed by atoms with Crippen LogP contribution in [-0.4, -0.2) is 11.1 Å². The van der Waals surface area contributed by atoms with Crippen LogP contribution in [0.2, 0.25) is 0 Å². The van der Waals surface area contributed by atoms with Crippen molar-refractivity contribution in [2.75, 3.05) is 0 Å². The van der Waals surface area contributed by atoms with Crippen molar-refractivity contribution in [3.63, 3.8) is 0 Å². The molecule has 80 valence electrons. The van der Waals surface area contributed by atoms with E-state index in [1.54, 1.807) is 0 Å². The molecule has 0 spiro atoms. The highest BCUT2D eigenvalue weighted by Crippen LogP contribution is 2.16. The molecule has 0 saturated heterocycles. The second-order valence-corrected chi connectivity index (χ2v) is 2.67. The number of hydrogen-bond donors (Lipinski definition) is 0. The van der Waals surface area contributed by atoms with E-state index in [9.17, 15) is 18.0 Å². The lowest BCUT2D eigenvalue weighted by Crippen LogP contribution is -2.33. The Morgan fingerprint density at radius 3 is 2.60 bits per heavy atom. The normalized spacial score (nSPS) is 11.9. The van der Waals surface area contributed by atoms with Gasteiger partial charge in [0.25, 0.3) is 0 Å². The second kappa shape index (κ2) is 3.04. The number of hydrogen-bond acceptors (Lipinski definition) is 3. The molecule has 1 heterocycles. The summed E-state index contributed by atoms with van der Waals surface area (Å²) in [7, 11) is 0. The Labute approximate surface area is 80.4 Å². The smallest absolute Gasteiger partial charge is 0.405 e. The van der Waals surface area contributed by atoms with Gasteiger partial charge in [0, 0.05) is 0 Å². The largest absolute Gasteiger partial charge is 0.591 e. The van der Waals surface area contributed by atoms with Crippen LogP contribution in [0.1, 0.15) is 0 Å². The highest BCUT2D eigenvalue weighted by Gasteiger charge is 2.34. The van der Waals surface area contributed by atoms with E-state index in [1.165, 1.54) is 24.3 Å². The Morgan fingerprint density at radius 1 is 1.27 bits per heavy atom. The first-order valence-electron chi connectivity index (χ1n) is 3.84. The fraction of sp³-hybridized carbons (Fsp3) is 0.125. The number of rotatable bonds is 1. The Bertz CT molecular complexity index is 540. The van der Waals surface area contributed by atoms with Gasteiger partial charge in [-0.1, -0.05) is 12.1 Å². The number of alkyl halides is 3. The molecule has 0 aliphatic rings. The van der Waals surface area contributed by atoms with Gasteiger partial charge in [-0.15, -0.1) is 17.9 Å². The standard InChI is InChI=1S/C8H4F3NO3/c9-8(10,11)15-12-5-3-1-2-4-6(5)14-7(12)13/h1-4H. The highest BCUT2D eigenvalue weighted by molar-refractivity contribution is 5.72. The molecule has 2 aromatic rings. The van der Waals surface area contributed by atoms with Gasteiger partial charge >= 0.3 is 12.1 Å². The summed E-state index contributed by atoms with van der Waals surface area (Å²) in [4.78, 5) is 14.5. The van der Waals surface area contributed by atoms with Crippen molar-refractivity contribution in [3.05, 3.63) is 34.8 Å². The quantitative estimate of drug-likeness (QED) is 0.730. The third kappa shape index (κ3) is 1.80. The Balaban J connectivity index is 2.60. The summed E-state index contributed by atoms with van der Waals surface area (Å²) in [5, 5.41) is 0. The molecule has 0 amide bonds. The van der Waals surface area contributed by atoms with E-state index < -0.39 is 12.1 Å². The minimum Gasteiger partial charge on any atom is -0.405 e. The van der Waals surface area contributed by atoms with E-state index in [4.69, 9.17) is 0 Å². The fourth-order valence-electron chi connectivity index (χ4n) is 1.14. The molecule has 0 unspecified atom stereocenters. The molecule has 7 heteroatoms. The number of para-hydroxylation sites is 2. The molecular weight excluding hydrogens is 215 g/mol. The second-order valence-electron chi connectivity index (χ2n) is 2.67. The summed E-state index contributed by atoms with van der Waals surface area (Å²) in [6.07, 6.45) is -4.93. The molecule has 1 aromatic heterocycles. The van der Waals surface area contributed by atoms with Crippen molar-refractivity contribution in [1.29, 1.82) is 0 Å². The van der Waals surface area contributed by atoms with Crippen molar-refractivity contribution in [2.24, 2.45) is 0 Å². The van der Waals surface area contributed by atoms with Crippen LogP contribution in [0.15, 0.2) is 33.5 Å². The monoisotopic (exact) mass is 219 g/mol. The third-order valence-electron chi connectivity index (χ3n) is 1.64. The van der Waals surface area contributed by atoms with Gasteiger partial charge in [-0.2, -0.15) is 0 Å². The molecule has 0 radical (unpaired) electrons. The molecule has 0 aliphatic carbocycles. The number of benzene rings is 1. The summed E-state index contributed by atoms with van der Waals surface area (Å²) in [6, 6.07) is 5.65. The molecule has 0 N–H and O–H groups in total. The minimum atomic E-state index is -4.93. The number of nitrogens with zero attached hydrogens (tertiary/aromatic N) is 1. The van der Waals surface area contributed by atoms with Crippen LogP contribution >= 0.6 is 0 Å². The third-order valence-corrected chi connectivity index (χ3v) is 1.64. The lowest BCUT2D eigenvalue weighted by molar-refractivity contribution is -0.323. The van der Waals surface area contributed by atoms with Gasteiger partial charge in [0.05, 0.1) is 0 Å². The van der Waals surface area contributed by atoms with Crippen LogP contribution < -0.4 is 10.6 Å². The van der Waals surface area contributed by atoms with Gasteiger partial charge in [-0.3, -0.25) is 0 Å². The van der Waals surface area contributed by atoms with Gasteiger partial charge in [0.1, 0.15) is 5.52 Å². The van der Waals surface area contributed by atoms with E-state index in [0.29, 0.717) is 0 Å². The number of fused-ring (bicyclic) bond motifs is 1. The molecule has 4 nitrogen and oxygen atoms in total. The Kier molecular flexibility index (Phi) is 1.95. The highest BCUT2D eigenvalue weighted by atomic mass is 19.4. The van der Waals surface area contributed by atoms with Crippen molar-refractivity contribution in [3.8, 4) is 0 Å². The Morgan fingerprint density at radius 2 is 1.93 bits per heavy atom. The van der Waals surface area contributed by atoms with Gasteiger partial charge in [-0.05, 0) is 12.1 Å². The van der Waals surface area contributed by atoms with Crippen molar-refractivity contribution >= 4 is 11.1 Å². The van der Waals surface area contributed by atoms with Crippen LogP contribution in [0.5, 0.6) is 0 Å². The van der Waals surface area contributed by atoms with Crippen molar-refractivity contribution < 1.29 is 22.4 Å². The SMILES string of the molecule is O=c1oc2ccccc2n1OC(F)(F)F. The lowest BCUT2D eigenvalue weighted by atomic mass is 10.3. The topological polar surface area (TPSA) is 44.4 Å². The van der Waals surface area contributed by atoms with E-state index in [-0.39, 0.29) is 15.8 Å². The maximum Gasteiger partial charge on any atom is 0.591 e. The minimum absolute atomic E-state index is 0.0340. The predicted molar refractivity (Wildman–Crippen MR) is 43.1 cm³/mol. The van der Waals surface area contributed by atoms with Crippen LogP contribution in [0.3, 0.4) is 0 Å². The first-order valence-corrected chi connectivity index (χ1v) is 3.84. The van der Waals surface area contributed by atoms with E-state index in [0.717, 1.165) is 0 Å². The zero-order chi connectivity index (χ0) is 11.1. The van der Waals surface area contributed by atoms with Gasteiger partial charge < -0.3 is 9.25 Å². The molecule has 15 heavy (non-hydrogen) atoms. The van der Waals surface area contributed by atoms with Crippen molar-refractivity contribution in [1.82, 2.24) is 4.73 Å². The molecule has 0 fully saturated rings. The van der Waals surface area contributed by atoms with E-state index >= 15 is 0 Å². The summed E-state index contributed by atoms with van der Waals surface area (Å²) < 4.78 is 40.3. The molecule has 2 rings (SSSR count). The van der Waals surface area contributed by atoms with Crippen LogP contribution in [0.25, 0.3) is 11.1 Å². The molecule has 0 saturated carbocycles. The number of oxazole rings is 1. The summed E-state index contributed by atoms with van der Waals surface area (Å²) in [5.74, 6) is -1.21. The van der Waals surface area contributed by atoms with E-state index in [1.807, 2.05) is 0 Å². The Hall–Kier alpha value is -1.92. The van der Waals surface area contributed by atoms with E-state index in [2.05, 4.69) is 9.25 Å². The average molecular weight is 219 g/mol. The van der Waals surface area contributed by atoms with Crippen LogP contribution in [0.4, 0.5) is 13.2 Å². The van der Waals surface area contributed by atoms with Crippen LogP contribution in [0, 0.1) is 0 Å². The summed E-state index contributed by atoms with van der Waals surface area (Å²) in [6.45, 7) is 0. The first-order chi connectivity index (χ1) is 6.97. The summed E-state index contributed by atoms with van der Waals surface area (Å²) >= 11 is 0.